The Hall–Kier alpha value is -0.570. The lowest BCUT2D eigenvalue weighted by Crippen LogP contribution is -2.41. The Morgan fingerprint density at radius 3 is 2.56 bits per heavy atom. The summed E-state index contributed by atoms with van der Waals surface area (Å²) < 4.78 is 0. The van der Waals surface area contributed by atoms with Crippen molar-refractivity contribution < 1.29 is 4.79 Å². The van der Waals surface area contributed by atoms with Crippen LogP contribution in [0.15, 0.2) is 0 Å². The highest BCUT2D eigenvalue weighted by molar-refractivity contribution is 5.80. The summed E-state index contributed by atoms with van der Waals surface area (Å²) in [5, 5.41) is 3.36. The molecular weight excluding hydrogens is 224 g/mol. The van der Waals surface area contributed by atoms with E-state index < -0.39 is 0 Å². The van der Waals surface area contributed by atoms with Crippen LogP contribution in [0, 0.1) is 17.8 Å². The highest BCUT2D eigenvalue weighted by Gasteiger charge is 2.33. The van der Waals surface area contributed by atoms with Gasteiger partial charge in [-0.05, 0) is 37.0 Å². The number of amides is 1. The van der Waals surface area contributed by atoms with E-state index >= 15 is 0 Å². The number of carbonyl (C=O) groups is 1. The van der Waals surface area contributed by atoms with Crippen molar-refractivity contribution in [3.8, 4) is 0 Å². The highest BCUT2D eigenvalue weighted by atomic mass is 16.2. The number of carbonyl (C=O) groups excluding carboxylic acids is 1. The molecule has 2 rings (SSSR count). The first-order valence-electron chi connectivity index (χ1n) is 7.59. The Kier molecular flexibility index (Phi) is 4.66. The lowest BCUT2D eigenvalue weighted by molar-refractivity contribution is -0.128. The summed E-state index contributed by atoms with van der Waals surface area (Å²) in [6.45, 7) is 8.33. The minimum Gasteiger partial charge on any atom is -0.326 e. The van der Waals surface area contributed by atoms with Crippen molar-refractivity contribution in [3.05, 3.63) is 0 Å². The maximum absolute atomic E-state index is 12.0. The highest BCUT2D eigenvalue weighted by Crippen LogP contribution is 2.30. The molecule has 0 aromatic heterocycles. The minimum atomic E-state index is 0.289. The van der Waals surface area contributed by atoms with Crippen LogP contribution in [0.4, 0.5) is 0 Å². The molecule has 0 aromatic rings. The zero-order valence-electron chi connectivity index (χ0n) is 12.1. The summed E-state index contributed by atoms with van der Waals surface area (Å²) in [6, 6.07) is 0. The van der Waals surface area contributed by atoms with Gasteiger partial charge in [-0.3, -0.25) is 10.1 Å². The Labute approximate surface area is 111 Å². The molecule has 0 aromatic carbocycles. The molecule has 1 atom stereocenters. The normalized spacial score (nSPS) is 33.4. The van der Waals surface area contributed by atoms with E-state index in [9.17, 15) is 4.79 Å². The van der Waals surface area contributed by atoms with Crippen LogP contribution in [0.25, 0.3) is 0 Å². The summed E-state index contributed by atoms with van der Waals surface area (Å²) in [6.07, 6.45) is 6.66. The average Bonchev–Trinajstić information content (AvgIpc) is 2.64. The van der Waals surface area contributed by atoms with Crippen molar-refractivity contribution >= 4 is 5.91 Å². The first kappa shape index (κ1) is 13.9. The molecule has 3 heteroatoms. The maximum atomic E-state index is 12.0. The predicted octanol–water partition coefficient (Wildman–Crippen LogP) is 2.62. The number of rotatable bonds is 4. The zero-order valence-corrected chi connectivity index (χ0v) is 12.1. The van der Waals surface area contributed by atoms with E-state index in [0.717, 1.165) is 24.8 Å². The second-order valence-electron chi connectivity index (χ2n) is 6.70. The molecule has 104 valence electrons. The third-order valence-electron chi connectivity index (χ3n) is 4.47. The third kappa shape index (κ3) is 3.47. The van der Waals surface area contributed by atoms with Crippen LogP contribution >= 0.6 is 0 Å². The van der Waals surface area contributed by atoms with Crippen molar-refractivity contribution in [2.45, 2.75) is 59.0 Å². The molecule has 1 aliphatic heterocycles. The summed E-state index contributed by atoms with van der Waals surface area (Å²) in [5.74, 6) is 2.57. The fraction of sp³-hybridized carbons (Fsp3) is 0.933. The van der Waals surface area contributed by atoms with Crippen LogP contribution in [0.1, 0.15) is 52.9 Å². The van der Waals surface area contributed by atoms with Gasteiger partial charge in [-0.25, -0.2) is 0 Å². The van der Waals surface area contributed by atoms with Crippen LogP contribution < -0.4 is 5.32 Å². The monoisotopic (exact) mass is 252 g/mol. The van der Waals surface area contributed by atoms with E-state index in [4.69, 9.17) is 0 Å². The van der Waals surface area contributed by atoms with Gasteiger partial charge in [-0.1, -0.05) is 33.6 Å². The topological polar surface area (TPSA) is 32.3 Å². The summed E-state index contributed by atoms with van der Waals surface area (Å²) in [5.41, 5.74) is 0. The van der Waals surface area contributed by atoms with Gasteiger partial charge in [0.25, 0.3) is 0 Å². The number of hydrogen-bond acceptors (Lipinski definition) is 2. The first-order chi connectivity index (χ1) is 8.56. The van der Waals surface area contributed by atoms with Crippen LogP contribution in [-0.4, -0.2) is 30.1 Å². The van der Waals surface area contributed by atoms with Crippen molar-refractivity contribution in [2.75, 3.05) is 13.1 Å². The van der Waals surface area contributed by atoms with Crippen LogP contribution in [0.3, 0.4) is 0 Å². The second-order valence-corrected chi connectivity index (χ2v) is 6.70. The molecule has 0 spiro atoms. The van der Waals surface area contributed by atoms with Gasteiger partial charge in [0.15, 0.2) is 0 Å². The molecule has 3 nitrogen and oxygen atoms in total. The molecule has 1 unspecified atom stereocenters. The number of nitrogens with one attached hydrogen (secondary N) is 1. The van der Waals surface area contributed by atoms with Gasteiger partial charge in [0.1, 0.15) is 0 Å². The summed E-state index contributed by atoms with van der Waals surface area (Å²) in [7, 11) is 0. The van der Waals surface area contributed by atoms with Gasteiger partial charge in [-0.2, -0.15) is 0 Å². The number of nitrogens with zero attached hydrogens (tertiary/aromatic N) is 1. The van der Waals surface area contributed by atoms with Crippen LogP contribution in [0.2, 0.25) is 0 Å². The molecule has 18 heavy (non-hydrogen) atoms. The lowest BCUT2D eigenvalue weighted by Gasteiger charge is -2.33. The molecule has 1 N–H and O–H groups in total. The lowest BCUT2D eigenvalue weighted by atomic mass is 9.82. The Morgan fingerprint density at radius 1 is 1.28 bits per heavy atom. The van der Waals surface area contributed by atoms with Gasteiger partial charge < -0.3 is 4.90 Å². The summed E-state index contributed by atoms with van der Waals surface area (Å²) >= 11 is 0. The van der Waals surface area contributed by atoms with Gasteiger partial charge in [0, 0.05) is 6.54 Å². The Balaban J connectivity index is 1.87. The van der Waals surface area contributed by atoms with Crippen molar-refractivity contribution in [1.82, 2.24) is 10.2 Å². The molecular formula is C15H28N2O. The average molecular weight is 252 g/mol. The molecule has 2 aliphatic rings. The maximum Gasteiger partial charge on any atom is 0.237 e. The third-order valence-corrected chi connectivity index (χ3v) is 4.47. The largest absolute Gasteiger partial charge is 0.326 e. The Morgan fingerprint density at radius 2 is 1.94 bits per heavy atom. The van der Waals surface area contributed by atoms with Crippen LogP contribution in [0.5, 0.6) is 0 Å². The van der Waals surface area contributed by atoms with Gasteiger partial charge in [0.2, 0.25) is 5.91 Å². The van der Waals surface area contributed by atoms with Gasteiger partial charge in [0.05, 0.1) is 12.7 Å². The molecule has 1 heterocycles. The number of hydrogen-bond donors (Lipinski definition) is 1. The van der Waals surface area contributed by atoms with E-state index in [-0.39, 0.29) is 6.17 Å². The van der Waals surface area contributed by atoms with E-state index in [1.807, 2.05) is 0 Å². The predicted molar refractivity (Wildman–Crippen MR) is 74.1 cm³/mol. The van der Waals surface area contributed by atoms with Gasteiger partial charge >= 0.3 is 0 Å². The van der Waals surface area contributed by atoms with E-state index in [2.05, 4.69) is 31.0 Å². The van der Waals surface area contributed by atoms with E-state index in [1.165, 1.54) is 25.7 Å². The smallest absolute Gasteiger partial charge is 0.237 e. The fourth-order valence-electron chi connectivity index (χ4n) is 3.27. The Bertz CT molecular complexity index is 282. The molecule has 1 saturated carbocycles. The summed E-state index contributed by atoms with van der Waals surface area (Å²) in [4.78, 5) is 14.1. The van der Waals surface area contributed by atoms with Crippen LogP contribution in [-0.2, 0) is 4.79 Å². The molecule has 0 radical (unpaired) electrons. The van der Waals surface area contributed by atoms with Crippen molar-refractivity contribution in [1.29, 1.82) is 0 Å². The van der Waals surface area contributed by atoms with E-state index in [1.54, 1.807) is 0 Å². The molecule has 1 aliphatic carbocycles. The fourth-order valence-corrected chi connectivity index (χ4v) is 3.27. The quantitative estimate of drug-likeness (QED) is 0.834. The molecule has 1 saturated heterocycles. The second kappa shape index (κ2) is 6.05. The first-order valence-corrected chi connectivity index (χ1v) is 7.59. The van der Waals surface area contributed by atoms with E-state index in [0.29, 0.717) is 18.4 Å². The standard InChI is InChI=1S/C15H28N2O/c1-11(2)8-14-16-9-15(18)17(14)10-13-6-4-12(3)5-7-13/h11-14,16H,4-10H2,1-3H3. The molecule has 0 bridgehead atoms. The SMILES string of the molecule is CC(C)CC1NCC(=O)N1CC1CCC(C)CC1. The molecule has 1 amide bonds. The van der Waals surface area contributed by atoms with Gasteiger partial charge in [-0.15, -0.1) is 0 Å². The molecule has 2 fully saturated rings. The van der Waals surface area contributed by atoms with Crippen molar-refractivity contribution in [2.24, 2.45) is 17.8 Å². The zero-order chi connectivity index (χ0) is 13.1. The van der Waals surface area contributed by atoms with Crippen molar-refractivity contribution in [3.63, 3.8) is 0 Å². The minimum absolute atomic E-state index is 0.289.